The summed E-state index contributed by atoms with van der Waals surface area (Å²) in [6.07, 6.45) is 0.373. The fraction of sp³-hybridized carbons (Fsp3) is 0.562. The van der Waals surface area contributed by atoms with E-state index < -0.39 is 24.9 Å². The summed E-state index contributed by atoms with van der Waals surface area (Å²) in [6, 6.07) is 7.12. The van der Waals surface area contributed by atoms with Gasteiger partial charge in [-0.3, -0.25) is 10.1 Å². The van der Waals surface area contributed by atoms with Gasteiger partial charge >= 0.3 is 0 Å². The minimum atomic E-state index is -2.78. The highest BCUT2D eigenvalue weighted by atomic mass is 35.5. The Kier molecular flexibility index (Phi) is 4.51. The molecule has 3 nitrogen and oxygen atoms in total. The van der Waals surface area contributed by atoms with E-state index in [9.17, 15) is 13.6 Å². The first kappa shape index (κ1) is 17.2. The van der Waals surface area contributed by atoms with E-state index >= 15 is 0 Å². The Morgan fingerprint density at radius 2 is 1.95 bits per heavy atom. The summed E-state index contributed by atoms with van der Waals surface area (Å²) in [7, 11) is 0. The summed E-state index contributed by atoms with van der Waals surface area (Å²) in [6.45, 7) is 3.86. The van der Waals surface area contributed by atoms with Crippen molar-refractivity contribution in [2.24, 2.45) is 0 Å². The molecule has 1 saturated heterocycles. The van der Waals surface area contributed by atoms with Gasteiger partial charge < -0.3 is 5.32 Å². The second-order valence-corrected chi connectivity index (χ2v) is 6.73. The summed E-state index contributed by atoms with van der Waals surface area (Å²) in [5.41, 5.74) is 2.31. The Hall–Kier alpha value is -1.20. The topological polar surface area (TPSA) is 41.1 Å². The van der Waals surface area contributed by atoms with Gasteiger partial charge in [0.2, 0.25) is 5.91 Å². The molecule has 1 amide bonds. The van der Waals surface area contributed by atoms with Crippen LogP contribution < -0.4 is 10.6 Å². The van der Waals surface area contributed by atoms with E-state index in [1.165, 1.54) is 5.56 Å². The largest absolute Gasteiger partial charge is 0.348 e. The maximum atomic E-state index is 13.2. The molecule has 1 fully saturated rings. The first-order chi connectivity index (χ1) is 9.78. The van der Waals surface area contributed by atoms with Crippen molar-refractivity contribution >= 4 is 18.3 Å². The van der Waals surface area contributed by atoms with Crippen molar-refractivity contribution in [3.8, 4) is 0 Å². The summed E-state index contributed by atoms with van der Waals surface area (Å²) >= 11 is 0. The number of alkyl halides is 2. The minimum Gasteiger partial charge on any atom is -0.348 e. The van der Waals surface area contributed by atoms with Gasteiger partial charge in [-0.25, -0.2) is 8.78 Å². The van der Waals surface area contributed by atoms with Gasteiger partial charge in [0.1, 0.15) is 0 Å². The van der Waals surface area contributed by atoms with Crippen LogP contribution in [-0.4, -0.2) is 24.4 Å². The smallest absolute Gasteiger partial charge is 0.262 e. The summed E-state index contributed by atoms with van der Waals surface area (Å²) in [5, 5.41) is 5.54. The number of hydrogen-bond donors (Lipinski definition) is 2. The van der Waals surface area contributed by atoms with E-state index in [0.29, 0.717) is 0 Å². The van der Waals surface area contributed by atoms with Crippen LogP contribution in [0.25, 0.3) is 0 Å². The lowest BCUT2D eigenvalue weighted by Crippen LogP contribution is -2.41. The van der Waals surface area contributed by atoms with Crippen molar-refractivity contribution in [3.05, 3.63) is 35.4 Å². The predicted molar refractivity (Wildman–Crippen MR) is 83.6 cm³/mol. The highest BCUT2D eigenvalue weighted by Gasteiger charge is 2.44. The monoisotopic (exact) mass is 330 g/mol. The summed E-state index contributed by atoms with van der Waals surface area (Å²) < 4.78 is 26.4. The third-order valence-corrected chi connectivity index (χ3v) is 4.52. The van der Waals surface area contributed by atoms with Crippen molar-refractivity contribution < 1.29 is 13.6 Å². The van der Waals surface area contributed by atoms with Crippen molar-refractivity contribution in [1.82, 2.24) is 10.6 Å². The molecule has 2 N–H and O–H groups in total. The lowest BCUT2D eigenvalue weighted by atomic mass is 9.86. The number of rotatable bonds is 2. The molecule has 0 spiro atoms. The van der Waals surface area contributed by atoms with Crippen LogP contribution in [0, 0.1) is 0 Å². The molecule has 1 aromatic rings. The quantitative estimate of drug-likeness (QED) is 0.875. The zero-order chi connectivity index (χ0) is 15.3. The van der Waals surface area contributed by atoms with Crippen molar-refractivity contribution in [2.75, 3.05) is 6.54 Å². The molecular formula is C16H21ClF2N2O. The highest BCUT2D eigenvalue weighted by Crippen LogP contribution is 2.44. The SMILES string of the molecule is CC1(C)CC(NC(=O)C2CC(F)(F)CN2)c2ccccc21.Cl. The van der Waals surface area contributed by atoms with E-state index in [4.69, 9.17) is 0 Å². The van der Waals surface area contributed by atoms with E-state index in [2.05, 4.69) is 30.5 Å². The highest BCUT2D eigenvalue weighted by molar-refractivity contribution is 5.85. The van der Waals surface area contributed by atoms with Gasteiger partial charge in [-0.15, -0.1) is 12.4 Å². The molecule has 6 heteroatoms. The summed E-state index contributed by atoms with van der Waals surface area (Å²) in [5.74, 6) is -3.11. The van der Waals surface area contributed by atoms with Crippen LogP contribution in [0.4, 0.5) is 8.78 Å². The van der Waals surface area contributed by atoms with Crippen LogP contribution in [0.5, 0.6) is 0 Å². The molecule has 1 aliphatic heterocycles. The maximum Gasteiger partial charge on any atom is 0.262 e. The molecule has 1 aromatic carbocycles. The van der Waals surface area contributed by atoms with E-state index in [-0.39, 0.29) is 29.8 Å². The third-order valence-electron chi connectivity index (χ3n) is 4.52. The number of carbonyl (C=O) groups is 1. The normalized spacial score (nSPS) is 27.8. The Morgan fingerprint density at radius 3 is 2.59 bits per heavy atom. The molecule has 0 saturated carbocycles. The zero-order valence-electron chi connectivity index (χ0n) is 12.7. The average molecular weight is 331 g/mol. The van der Waals surface area contributed by atoms with Gasteiger partial charge in [-0.05, 0) is 23.0 Å². The van der Waals surface area contributed by atoms with Crippen molar-refractivity contribution in [3.63, 3.8) is 0 Å². The number of nitrogens with one attached hydrogen (secondary N) is 2. The molecule has 2 unspecified atom stereocenters. The molecule has 2 atom stereocenters. The molecule has 2 aliphatic rings. The van der Waals surface area contributed by atoms with Crippen LogP contribution in [0.2, 0.25) is 0 Å². The van der Waals surface area contributed by atoms with Gasteiger partial charge in [0, 0.05) is 6.42 Å². The van der Waals surface area contributed by atoms with Crippen molar-refractivity contribution in [1.29, 1.82) is 0 Å². The Balaban J connectivity index is 0.00000176. The van der Waals surface area contributed by atoms with Gasteiger partial charge in [0.05, 0.1) is 18.6 Å². The van der Waals surface area contributed by atoms with Gasteiger partial charge in [0.25, 0.3) is 5.92 Å². The predicted octanol–water partition coefficient (Wildman–Crippen LogP) is 2.94. The lowest BCUT2D eigenvalue weighted by molar-refractivity contribution is -0.124. The van der Waals surface area contributed by atoms with Crippen LogP contribution >= 0.6 is 12.4 Å². The number of fused-ring (bicyclic) bond motifs is 1. The van der Waals surface area contributed by atoms with Gasteiger partial charge in [0.15, 0.2) is 0 Å². The molecule has 0 bridgehead atoms. The molecule has 3 rings (SSSR count). The Bertz CT molecular complexity index is 577. The molecule has 0 radical (unpaired) electrons. The number of halogens is 3. The fourth-order valence-electron chi connectivity index (χ4n) is 3.45. The van der Waals surface area contributed by atoms with Crippen LogP contribution in [0.3, 0.4) is 0 Å². The molecular weight excluding hydrogens is 310 g/mol. The zero-order valence-corrected chi connectivity index (χ0v) is 13.5. The number of amides is 1. The first-order valence-corrected chi connectivity index (χ1v) is 7.29. The second-order valence-electron chi connectivity index (χ2n) is 6.73. The van der Waals surface area contributed by atoms with Crippen LogP contribution in [0.1, 0.15) is 43.9 Å². The first-order valence-electron chi connectivity index (χ1n) is 7.29. The number of hydrogen-bond acceptors (Lipinski definition) is 2. The molecule has 0 aromatic heterocycles. The number of benzene rings is 1. The van der Waals surface area contributed by atoms with E-state index in [1.54, 1.807) is 0 Å². The van der Waals surface area contributed by atoms with E-state index in [1.807, 2.05) is 18.2 Å². The Labute approximate surface area is 135 Å². The Morgan fingerprint density at radius 1 is 1.27 bits per heavy atom. The lowest BCUT2D eigenvalue weighted by Gasteiger charge is -2.20. The molecule has 122 valence electrons. The third kappa shape index (κ3) is 3.10. The minimum absolute atomic E-state index is 0. The molecule has 22 heavy (non-hydrogen) atoms. The number of carbonyl (C=O) groups excluding carboxylic acids is 1. The maximum absolute atomic E-state index is 13.2. The van der Waals surface area contributed by atoms with Gasteiger partial charge in [-0.2, -0.15) is 0 Å². The van der Waals surface area contributed by atoms with Gasteiger partial charge in [-0.1, -0.05) is 38.1 Å². The van der Waals surface area contributed by atoms with Crippen LogP contribution in [-0.2, 0) is 10.2 Å². The second kappa shape index (κ2) is 5.78. The average Bonchev–Trinajstić information content (AvgIpc) is 2.89. The van der Waals surface area contributed by atoms with Crippen molar-refractivity contribution in [2.45, 2.75) is 50.1 Å². The standard InChI is InChI=1S/C16H20F2N2O.ClH/c1-15(2)7-12(10-5-3-4-6-11(10)15)20-14(21)13-8-16(17,18)9-19-13;/h3-6,12-13,19H,7-9H2,1-2H3,(H,20,21);1H. The molecule has 1 heterocycles. The molecule has 1 aliphatic carbocycles. The fourth-order valence-corrected chi connectivity index (χ4v) is 3.45. The van der Waals surface area contributed by atoms with E-state index in [0.717, 1.165) is 12.0 Å². The van der Waals surface area contributed by atoms with Crippen LogP contribution in [0.15, 0.2) is 24.3 Å². The summed E-state index contributed by atoms with van der Waals surface area (Å²) in [4.78, 5) is 12.2.